The van der Waals surface area contributed by atoms with Crippen molar-refractivity contribution in [1.82, 2.24) is 4.31 Å². The summed E-state index contributed by atoms with van der Waals surface area (Å²) in [7, 11) is -3.53. The summed E-state index contributed by atoms with van der Waals surface area (Å²) in [6, 6.07) is 5.94. The Morgan fingerprint density at radius 2 is 1.93 bits per heavy atom. The Morgan fingerprint density at radius 3 is 2.52 bits per heavy atom. The van der Waals surface area contributed by atoms with E-state index >= 15 is 0 Å². The highest BCUT2D eigenvalue weighted by molar-refractivity contribution is 7.91. The Morgan fingerprint density at radius 1 is 1.24 bits per heavy atom. The van der Waals surface area contributed by atoms with E-state index in [1.807, 2.05) is 0 Å². The Balaban J connectivity index is 1.57. The summed E-state index contributed by atoms with van der Waals surface area (Å²) in [5.74, 6) is -0.490. The van der Waals surface area contributed by atoms with Gasteiger partial charge in [-0.3, -0.25) is 4.79 Å². The van der Waals surface area contributed by atoms with Crippen molar-refractivity contribution in [2.24, 2.45) is 0 Å². The van der Waals surface area contributed by atoms with Crippen LogP contribution in [0.25, 0.3) is 0 Å². The van der Waals surface area contributed by atoms with E-state index in [1.165, 1.54) is 4.31 Å². The second kappa shape index (κ2) is 8.60. The van der Waals surface area contributed by atoms with Gasteiger partial charge in [0, 0.05) is 0 Å². The number of rotatable bonds is 5. The standard InChI is InChI=1S/C17H17ClF3N3O3S2/c18-13-4-3-12(17(19,20)21)10-14(13)22-15(25)11-23-5-7-24(8-6-23)29(26,27)16-2-1-9-28-16/h1-4,9-10H,5-8,11H2,(H,22,25)/p+1. The monoisotopic (exact) mass is 468 g/mol. The minimum atomic E-state index is -4.54. The van der Waals surface area contributed by atoms with E-state index in [9.17, 15) is 26.4 Å². The molecule has 1 aromatic carbocycles. The van der Waals surface area contributed by atoms with Crippen LogP contribution >= 0.6 is 22.9 Å². The molecule has 3 rings (SSSR count). The fraction of sp³-hybridized carbons (Fsp3) is 0.353. The Kier molecular flexibility index (Phi) is 6.54. The summed E-state index contributed by atoms with van der Waals surface area (Å²) in [4.78, 5) is 13.1. The number of alkyl halides is 3. The lowest BCUT2D eigenvalue weighted by Crippen LogP contribution is -3.15. The number of nitrogens with zero attached hydrogens (tertiary/aromatic N) is 1. The lowest BCUT2D eigenvalue weighted by Gasteiger charge is -2.30. The van der Waals surface area contributed by atoms with Crippen molar-refractivity contribution < 1.29 is 31.3 Å². The normalized spacial score (nSPS) is 16.7. The fourth-order valence-electron chi connectivity index (χ4n) is 2.98. The highest BCUT2D eigenvalue weighted by Crippen LogP contribution is 2.33. The molecule has 1 saturated heterocycles. The third-order valence-corrected chi connectivity index (χ3v) is 8.10. The molecule has 2 aromatic rings. The van der Waals surface area contributed by atoms with E-state index < -0.39 is 27.7 Å². The van der Waals surface area contributed by atoms with Crippen molar-refractivity contribution in [3.05, 3.63) is 46.3 Å². The van der Waals surface area contributed by atoms with Crippen molar-refractivity contribution in [2.75, 3.05) is 38.0 Å². The van der Waals surface area contributed by atoms with Crippen LogP contribution in [0.3, 0.4) is 0 Å². The molecule has 0 saturated carbocycles. The molecule has 12 heteroatoms. The first-order chi connectivity index (χ1) is 13.6. The van der Waals surface area contributed by atoms with Crippen LogP contribution in [0.1, 0.15) is 5.56 Å². The van der Waals surface area contributed by atoms with Gasteiger partial charge in [0.15, 0.2) is 6.54 Å². The van der Waals surface area contributed by atoms with E-state index in [-0.39, 0.29) is 34.6 Å². The van der Waals surface area contributed by atoms with Crippen LogP contribution in [0.5, 0.6) is 0 Å². The first kappa shape index (κ1) is 22.0. The highest BCUT2D eigenvalue weighted by Gasteiger charge is 2.33. The topological polar surface area (TPSA) is 70.9 Å². The number of benzene rings is 1. The van der Waals surface area contributed by atoms with Gasteiger partial charge < -0.3 is 10.2 Å². The van der Waals surface area contributed by atoms with Crippen molar-refractivity contribution >= 4 is 44.6 Å². The van der Waals surface area contributed by atoms with Gasteiger partial charge in [-0.25, -0.2) is 8.42 Å². The molecule has 0 radical (unpaired) electrons. The summed E-state index contributed by atoms with van der Waals surface area (Å²) in [5, 5.41) is 4.11. The number of hydrogen-bond donors (Lipinski definition) is 2. The molecule has 158 valence electrons. The molecule has 1 amide bonds. The smallest absolute Gasteiger partial charge is 0.325 e. The maximum Gasteiger partial charge on any atom is 0.416 e. The summed E-state index contributed by atoms with van der Waals surface area (Å²) >= 11 is 7.04. The Labute approximate surface area is 174 Å². The number of halogens is 4. The molecule has 6 nitrogen and oxygen atoms in total. The summed E-state index contributed by atoms with van der Waals surface area (Å²) in [6.07, 6.45) is -4.54. The van der Waals surface area contributed by atoms with Crippen LogP contribution < -0.4 is 10.2 Å². The van der Waals surface area contributed by atoms with Gasteiger partial charge in [-0.15, -0.1) is 11.3 Å². The summed E-state index contributed by atoms with van der Waals surface area (Å²) in [6.45, 7) is 1.34. The number of anilines is 1. The van der Waals surface area contributed by atoms with Crippen LogP contribution in [0, 0.1) is 0 Å². The van der Waals surface area contributed by atoms with Crippen molar-refractivity contribution in [2.45, 2.75) is 10.4 Å². The first-order valence-corrected chi connectivity index (χ1v) is 11.3. The van der Waals surface area contributed by atoms with Crippen molar-refractivity contribution in [3.8, 4) is 0 Å². The third kappa shape index (κ3) is 5.28. The van der Waals surface area contributed by atoms with E-state index in [1.54, 1.807) is 17.5 Å². The molecular formula is C17H18ClF3N3O3S2+. The second-order valence-electron chi connectivity index (χ2n) is 6.50. The molecule has 0 atom stereocenters. The average Bonchev–Trinajstić information content (AvgIpc) is 3.18. The molecule has 2 heterocycles. The largest absolute Gasteiger partial charge is 0.416 e. The van der Waals surface area contributed by atoms with Crippen LogP contribution in [-0.4, -0.2) is 51.4 Å². The Hall–Kier alpha value is -1.66. The molecule has 1 aliphatic heterocycles. The SMILES string of the molecule is O=C(C[NH+]1CCN(S(=O)(=O)c2cccs2)CC1)Nc1cc(C(F)(F)F)ccc1Cl. The van der Waals surface area contributed by atoms with E-state index in [2.05, 4.69) is 5.32 Å². The zero-order valence-electron chi connectivity index (χ0n) is 15.0. The number of hydrogen-bond acceptors (Lipinski definition) is 4. The number of amides is 1. The molecule has 0 spiro atoms. The minimum Gasteiger partial charge on any atom is -0.325 e. The van der Waals surface area contributed by atoms with Crippen LogP contribution in [0.2, 0.25) is 5.02 Å². The molecule has 1 aliphatic rings. The van der Waals surface area contributed by atoms with Crippen LogP contribution in [-0.2, 0) is 21.0 Å². The molecular weight excluding hydrogens is 451 g/mol. The first-order valence-electron chi connectivity index (χ1n) is 8.61. The molecule has 0 bridgehead atoms. The zero-order valence-corrected chi connectivity index (χ0v) is 17.4. The molecule has 0 unspecified atom stereocenters. The number of carbonyl (C=O) groups is 1. The van der Waals surface area contributed by atoms with Gasteiger partial charge in [0.1, 0.15) is 4.21 Å². The predicted octanol–water partition coefficient (Wildman–Crippen LogP) is 1.95. The van der Waals surface area contributed by atoms with Gasteiger partial charge in [-0.2, -0.15) is 17.5 Å². The number of thiophene rings is 1. The lowest BCUT2D eigenvalue weighted by molar-refractivity contribution is -0.895. The lowest BCUT2D eigenvalue weighted by atomic mass is 10.2. The minimum absolute atomic E-state index is 0.000532. The molecule has 29 heavy (non-hydrogen) atoms. The number of nitrogens with one attached hydrogen (secondary N) is 2. The van der Waals surface area contributed by atoms with E-state index in [4.69, 9.17) is 11.6 Å². The second-order valence-corrected chi connectivity index (χ2v) is 10.0. The van der Waals surface area contributed by atoms with Gasteiger partial charge >= 0.3 is 6.18 Å². The van der Waals surface area contributed by atoms with Crippen LogP contribution in [0.15, 0.2) is 39.9 Å². The highest BCUT2D eigenvalue weighted by atomic mass is 35.5. The number of quaternary nitrogens is 1. The van der Waals surface area contributed by atoms with Crippen molar-refractivity contribution in [3.63, 3.8) is 0 Å². The van der Waals surface area contributed by atoms with Crippen molar-refractivity contribution in [1.29, 1.82) is 0 Å². The van der Waals surface area contributed by atoms with E-state index in [0.717, 1.165) is 34.4 Å². The van der Waals surface area contributed by atoms with Gasteiger partial charge in [-0.1, -0.05) is 17.7 Å². The molecule has 1 aromatic heterocycles. The Bertz CT molecular complexity index is 974. The zero-order chi connectivity index (χ0) is 21.2. The van der Waals surface area contributed by atoms with Gasteiger partial charge in [-0.05, 0) is 29.6 Å². The molecule has 1 fully saturated rings. The van der Waals surface area contributed by atoms with Gasteiger partial charge in [0.2, 0.25) is 0 Å². The summed E-state index contributed by atoms with van der Waals surface area (Å²) < 4.78 is 65.2. The van der Waals surface area contributed by atoms with Crippen LogP contribution in [0.4, 0.5) is 18.9 Å². The molecule has 0 aliphatic carbocycles. The predicted molar refractivity (Wildman–Crippen MR) is 104 cm³/mol. The number of carbonyl (C=O) groups excluding carboxylic acids is 1. The van der Waals surface area contributed by atoms with E-state index in [0.29, 0.717) is 13.1 Å². The quantitative estimate of drug-likeness (QED) is 0.704. The average molecular weight is 469 g/mol. The number of sulfonamides is 1. The maximum absolute atomic E-state index is 12.8. The van der Waals surface area contributed by atoms with Gasteiger partial charge in [0.05, 0.1) is 42.5 Å². The summed E-state index contributed by atoms with van der Waals surface area (Å²) in [5.41, 5.74) is -1.01. The third-order valence-electron chi connectivity index (χ3n) is 4.50. The van der Waals surface area contributed by atoms with Gasteiger partial charge in [0.25, 0.3) is 15.9 Å². The number of piperazine rings is 1. The molecule has 2 N–H and O–H groups in total. The maximum atomic E-state index is 12.8. The fourth-order valence-corrected chi connectivity index (χ4v) is 5.73.